The van der Waals surface area contributed by atoms with Crippen LogP contribution in [0.5, 0.6) is 0 Å². The average molecular weight is 389 g/mol. The van der Waals surface area contributed by atoms with Gasteiger partial charge < -0.3 is 10.2 Å². The Hall–Kier alpha value is -2.95. The van der Waals surface area contributed by atoms with Gasteiger partial charge in [0.15, 0.2) is 5.82 Å². The zero-order chi connectivity index (χ0) is 20.9. The molecule has 27 heavy (non-hydrogen) atoms. The van der Waals surface area contributed by atoms with Crippen LogP contribution >= 0.6 is 0 Å². The number of nitrogens with one attached hydrogen (secondary N) is 1. The van der Waals surface area contributed by atoms with Crippen LogP contribution in [0.3, 0.4) is 0 Å². The van der Waals surface area contributed by atoms with Gasteiger partial charge in [-0.1, -0.05) is 6.92 Å². The number of ether oxygens (including phenoxy) is 1. The predicted molar refractivity (Wildman–Crippen MR) is 88.2 cm³/mol. The highest BCUT2D eigenvalue weighted by molar-refractivity contribution is 6.25. The fourth-order valence-corrected chi connectivity index (χ4v) is 1.96. The molecule has 0 heterocycles. The van der Waals surface area contributed by atoms with Crippen molar-refractivity contribution in [2.45, 2.75) is 20.3 Å². The number of benzene rings is 1. The van der Waals surface area contributed by atoms with Crippen LogP contribution in [0.15, 0.2) is 11.8 Å². The van der Waals surface area contributed by atoms with Crippen molar-refractivity contribution in [2.75, 3.05) is 20.7 Å². The van der Waals surface area contributed by atoms with Gasteiger partial charge in [0, 0.05) is 25.9 Å². The Morgan fingerprint density at radius 3 is 2.30 bits per heavy atom. The third-order valence-electron chi connectivity index (χ3n) is 3.29. The molecule has 148 valence electrons. The molecular weight excluding hydrogens is 371 g/mol. The number of Topliss-reactive ketones (excluding diaryl/α,β-unsaturated/α-hetero) is 1. The molecule has 1 rings (SSSR count). The molecule has 0 aliphatic heterocycles. The Morgan fingerprint density at radius 1 is 1.22 bits per heavy atom. The topological polar surface area (TPSA) is 102 Å². The number of rotatable bonds is 8. The Balaban J connectivity index is 3.64. The number of esters is 1. The molecule has 0 aliphatic carbocycles. The average Bonchev–Trinajstić information content (AvgIpc) is 2.60. The van der Waals surface area contributed by atoms with Gasteiger partial charge in [-0.05, 0) is 13.3 Å². The van der Waals surface area contributed by atoms with Crippen LogP contribution in [0.2, 0.25) is 0 Å². The largest absolute Gasteiger partial charge is 0.462 e. The van der Waals surface area contributed by atoms with Crippen molar-refractivity contribution in [1.82, 2.24) is 10.4 Å². The second kappa shape index (κ2) is 9.12. The van der Waals surface area contributed by atoms with E-state index in [0.717, 1.165) is 13.1 Å². The van der Waals surface area contributed by atoms with E-state index in [2.05, 4.69) is 5.43 Å². The molecule has 0 amide bonds. The quantitative estimate of drug-likeness (QED) is 0.106. The number of hydrogen-bond acceptors (Lipinski definition) is 7. The van der Waals surface area contributed by atoms with Crippen LogP contribution in [-0.4, -0.2) is 42.4 Å². The summed E-state index contributed by atoms with van der Waals surface area (Å²) >= 11 is 0. The molecule has 0 fully saturated rings. The summed E-state index contributed by atoms with van der Waals surface area (Å²) in [7, 11) is 3.00. The maximum absolute atomic E-state index is 14.4. The SMILES string of the molecule is CCCOC(=O)/C(=C/NN(C)C)C(=O)c1c(F)c(C)c(F)c(F)c1[N+](=O)[O-]. The molecule has 0 aromatic heterocycles. The Morgan fingerprint density at radius 2 is 1.81 bits per heavy atom. The molecule has 0 unspecified atom stereocenters. The van der Waals surface area contributed by atoms with E-state index in [1.54, 1.807) is 6.92 Å². The number of nitro groups is 1. The highest BCUT2D eigenvalue weighted by atomic mass is 19.2. The van der Waals surface area contributed by atoms with E-state index in [0.29, 0.717) is 6.42 Å². The molecule has 8 nitrogen and oxygen atoms in total. The van der Waals surface area contributed by atoms with Crippen molar-refractivity contribution >= 4 is 17.4 Å². The van der Waals surface area contributed by atoms with Gasteiger partial charge in [-0.15, -0.1) is 0 Å². The number of hydrazine groups is 1. The minimum Gasteiger partial charge on any atom is -0.462 e. The van der Waals surface area contributed by atoms with Crippen LogP contribution in [0.4, 0.5) is 18.9 Å². The van der Waals surface area contributed by atoms with Gasteiger partial charge in [0.05, 0.1) is 11.5 Å². The van der Waals surface area contributed by atoms with Gasteiger partial charge in [0.25, 0.3) is 0 Å². The maximum atomic E-state index is 14.4. The monoisotopic (exact) mass is 389 g/mol. The van der Waals surface area contributed by atoms with E-state index < -0.39 is 56.5 Å². The normalized spacial score (nSPS) is 11.5. The van der Waals surface area contributed by atoms with E-state index in [-0.39, 0.29) is 6.61 Å². The van der Waals surface area contributed by atoms with Crippen molar-refractivity contribution in [3.05, 3.63) is 50.5 Å². The first-order chi connectivity index (χ1) is 12.5. The summed E-state index contributed by atoms with van der Waals surface area (Å²) in [6.45, 7) is 2.41. The van der Waals surface area contributed by atoms with Crippen LogP contribution < -0.4 is 5.43 Å². The zero-order valence-corrected chi connectivity index (χ0v) is 15.1. The number of ketones is 1. The van der Waals surface area contributed by atoms with Crippen LogP contribution in [-0.2, 0) is 9.53 Å². The minimum absolute atomic E-state index is 0.0766. The zero-order valence-electron chi connectivity index (χ0n) is 15.1. The standard InChI is InChI=1S/C16H18F3N3O5/c1-5-6-27-16(24)9(7-20-21(3)4)15(23)10-11(17)8(2)12(18)13(19)14(10)22(25)26/h7,20H,5-6H2,1-4H3/b9-7+. The number of carbonyl (C=O) groups is 2. The van der Waals surface area contributed by atoms with Crippen molar-refractivity contribution in [3.63, 3.8) is 0 Å². The van der Waals surface area contributed by atoms with Crippen LogP contribution in [0.25, 0.3) is 0 Å². The Kier molecular flexibility index (Phi) is 7.46. The van der Waals surface area contributed by atoms with E-state index >= 15 is 0 Å². The summed E-state index contributed by atoms with van der Waals surface area (Å²) in [6, 6.07) is 0. The van der Waals surface area contributed by atoms with Crippen molar-refractivity contribution in [3.8, 4) is 0 Å². The second-order valence-corrected chi connectivity index (χ2v) is 5.59. The fraction of sp³-hybridized carbons (Fsp3) is 0.375. The lowest BCUT2D eigenvalue weighted by atomic mass is 9.98. The Bertz CT molecular complexity index is 809. The molecule has 1 aromatic rings. The molecule has 0 radical (unpaired) electrons. The summed E-state index contributed by atoms with van der Waals surface area (Å²) in [6.07, 6.45) is 1.24. The van der Waals surface area contributed by atoms with E-state index in [1.807, 2.05) is 0 Å². The van der Waals surface area contributed by atoms with Gasteiger partial charge in [-0.25, -0.2) is 18.6 Å². The van der Waals surface area contributed by atoms with Gasteiger partial charge in [0.1, 0.15) is 17.0 Å². The van der Waals surface area contributed by atoms with Crippen LogP contribution in [0.1, 0.15) is 29.3 Å². The first-order valence-electron chi connectivity index (χ1n) is 7.71. The summed E-state index contributed by atoms with van der Waals surface area (Å²) in [4.78, 5) is 34.5. The summed E-state index contributed by atoms with van der Waals surface area (Å²) in [5.41, 5.74) is -2.35. The third kappa shape index (κ3) is 4.82. The molecule has 0 spiro atoms. The lowest BCUT2D eigenvalue weighted by Gasteiger charge is -2.13. The molecule has 1 aromatic carbocycles. The van der Waals surface area contributed by atoms with E-state index in [1.165, 1.54) is 19.1 Å². The highest BCUT2D eigenvalue weighted by Crippen LogP contribution is 2.32. The molecule has 0 saturated carbocycles. The minimum atomic E-state index is -2.00. The van der Waals surface area contributed by atoms with Crippen LogP contribution in [0, 0.1) is 34.5 Å². The number of halogens is 3. The fourth-order valence-electron chi connectivity index (χ4n) is 1.96. The molecular formula is C16H18F3N3O5. The number of nitro benzene ring substituents is 1. The molecule has 11 heteroatoms. The molecule has 0 bridgehead atoms. The van der Waals surface area contributed by atoms with E-state index in [9.17, 15) is 32.9 Å². The summed E-state index contributed by atoms with van der Waals surface area (Å²) < 4.78 is 46.9. The molecule has 0 aliphatic rings. The predicted octanol–water partition coefficient (Wildman–Crippen LogP) is 2.41. The lowest BCUT2D eigenvalue weighted by Crippen LogP contribution is -2.29. The maximum Gasteiger partial charge on any atom is 0.343 e. The Labute approximate surface area is 152 Å². The lowest BCUT2D eigenvalue weighted by molar-refractivity contribution is -0.388. The van der Waals surface area contributed by atoms with Gasteiger partial charge >= 0.3 is 11.7 Å². The smallest absolute Gasteiger partial charge is 0.343 e. The molecule has 0 atom stereocenters. The molecule has 1 N–H and O–H groups in total. The van der Waals surface area contributed by atoms with Gasteiger partial charge in [0.2, 0.25) is 11.6 Å². The first-order valence-corrected chi connectivity index (χ1v) is 7.71. The highest BCUT2D eigenvalue weighted by Gasteiger charge is 2.37. The van der Waals surface area contributed by atoms with E-state index in [4.69, 9.17) is 4.74 Å². The summed E-state index contributed by atoms with van der Waals surface area (Å²) in [5, 5.41) is 12.4. The third-order valence-corrected chi connectivity index (χ3v) is 3.29. The van der Waals surface area contributed by atoms with Gasteiger partial charge in [-0.2, -0.15) is 4.39 Å². The van der Waals surface area contributed by atoms with Crippen molar-refractivity contribution < 1.29 is 32.4 Å². The number of carbonyl (C=O) groups excluding carboxylic acids is 2. The molecule has 0 saturated heterocycles. The van der Waals surface area contributed by atoms with Gasteiger partial charge in [-0.3, -0.25) is 14.9 Å². The summed E-state index contributed by atoms with van der Waals surface area (Å²) in [5.74, 6) is -8.14. The second-order valence-electron chi connectivity index (χ2n) is 5.59. The van der Waals surface area contributed by atoms with Crippen molar-refractivity contribution in [2.24, 2.45) is 0 Å². The number of nitrogens with zero attached hydrogens (tertiary/aromatic N) is 2. The van der Waals surface area contributed by atoms with Crippen molar-refractivity contribution in [1.29, 1.82) is 0 Å². The first kappa shape index (κ1) is 22.1. The number of hydrogen-bond donors (Lipinski definition) is 1.